The molecule has 0 aromatic heterocycles. The zero-order valence-electron chi connectivity index (χ0n) is 14.4. The summed E-state index contributed by atoms with van der Waals surface area (Å²) in [5, 5.41) is -5.33. The van der Waals surface area contributed by atoms with Crippen LogP contribution < -0.4 is 0 Å². The Balaban J connectivity index is 6.35. The number of alkyl halides is 5. The van der Waals surface area contributed by atoms with Crippen molar-refractivity contribution in [3.63, 3.8) is 0 Å². The predicted octanol–water partition coefficient (Wildman–Crippen LogP) is 1.39. The maximum Gasteiger partial charge on any atom is 0.466 e. The fraction of sp³-hybridized carbons (Fsp3) is 0.692. The van der Waals surface area contributed by atoms with E-state index in [0.717, 1.165) is 6.92 Å². The number of esters is 1. The maximum atomic E-state index is 13.6. The number of hydrogen-bond donors (Lipinski definition) is 0. The van der Waals surface area contributed by atoms with E-state index in [1.165, 1.54) is 13.8 Å². The molecule has 1 atom stereocenters. The van der Waals surface area contributed by atoms with Crippen LogP contribution in [0.5, 0.6) is 0 Å². The fourth-order valence-corrected chi connectivity index (χ4v) is 1.79. The number of amides is 1. The number of nitrogens with zero attached hydrogens (tertiary/aromatic N) is 1. The summed E-state index contributed by atoms with van der Waals surface area (Å²) >= 11 is 0. The number of carbonyl (C=O) groups excluding carboxylic acids is 2. The molecule has 14 heteroatoms. The summed E-state index contributed by atoms with van der Waals surface area (Å²) in [5.41, 5.74) is -0.636. The van der Waals surface area contributed by atoms with E-state index < -0.39 is 51.4 Å². The summed E-state index contributed by atoms with van der Waals surface area (Å²) in [6.45, 7) is 2.96. The lowest BCUT2D eigenvalue weighted by atomic mass is 10.2. The summed E-state index contributed by atoms with van der Waals surface area (Å²) in [4.78, 5) is 24.3. The van der Waals surface area contributed by atoms with Crippen LogP contribution in [0.4, 0.5) is 22.0 Å². The lowest BCUT2D eigenvalue weighted by Gasteiger charge is -2.37. The van der Waals surface area contributed by atoms with Gasteiger partial charge in [0.1, 0.15) is 6.61 Å². The Kier molecular flexibility index (Phi) is 7.91. The minimum atomic E-state index is -6.43. The lowest BCUT2D eigenvalue weighted by Crippen LogP contribution is -2.63. The highest BCUT2D eigenvalue weighted by Crippen LogP contribution is 2.39. The molecule has 0 heterocycles. The van der Waals surface area contributed by atoms with Crippen LogP contribution in [-0.2, 0) is 29.2 Å². The number of carbonyl (C=O) groups is 2. The molecule has 0 spiro atoms. The van der Waals surface area contributed by atoms with Crippen LogP contribution in [0.1, 0.15) is 20.8 Å². The monoisotopic (exact) mass is 426 g/mol. The van der Waals surface area contributed by atoms with Crippen LogP contribution >= 0.6 is 0 Å². The van der Waals surface area contributed by atoms with E-state index in [1.54, 1.807) is 0 Å². The average molecular weight is 426 g/mol. The Labute approximate surface area is 151 Å². The minimum Gasteiger partial charge on any atom is -0.743 e. The highest BCUT2D eigenvalue weighted by Gasteiger charge is 2.68. The molecule has 1 amide bonds. The number of hydrogen-bond acceptors (Lipinski definition) is 7. The molecule has 158 valence electrons. The lowest BCUT2D eigenvalue weighted by molar-refractivity contribution is -0.355. The van der Waals surface area contributed by atoms with Gasteiger partial charge in [-0.15, -0.1) is 0 Å². The van der Waals surface area contributed by atoms with Crippen LogP contribution in [0.2, 0.25) is 0 Å². The third kappa shape index (κ3) is 5.59. The first-order valence-electron chi connectivity index (χ1n) is 7.19. The number of halogens is 5. The van der Waals surface area contributed by atoms with E-state index in [9.17, 15) is 44.5 Å². The van der Waals surface area contributed by atoms with Gasteiger partial charge in [-0.25, -0.2) is 13.2 Å². The van der Waals surface area contributed by atoms with E-state index in [2.05, 4.69) is 16.1 Å². The van der Waals surface area contributed by atoms with Gasteiger partial charge >= 0.3 is 29.1 Å². The highest BCUT2D eigenvalue weighted by molar-refractivity contribution is 7.86. The maximum absolute atomic E-state index is 13.6. The third-order valence-electron chi connectivity index (χ3n) is 3.10. The number of ether oxygens (including phenoxy) is 2. The van der Waals surface area contributed by atoms with E-state index in [0.29, 0.717) is 4.90 Å². The van der Waals surface area contributed by atoms with Crippen molar-refractivity contribution in [2.75, 3.05) is 19.7 Å². The predicted molar refractivity (Wildman–Crippen MR) is 78.2 cm³/mol. The largest absolute Gasteiger partial charge is 0.743 e. The van der Waals surface area contributed by atoms with Crippen molar-refractivity contribution in [2.45, 2.75) is 38.0 Å². The second kappa shape index (κ2) is 8.48. The van der Waals surface area contributed by atoms with Gasteiger partial charge < -0.3 is 18.9 Å². The van der Waals surface area contributed by atoms with E-state index in [4.69, 9.17) is 0 Å². The van der Waals surface area contributed by atoms with Gasteiger partial charge in [0.15, 0.2) is 10.1 Å². The van der Waals surface area contributed by atoms with Crippen molar-refractivity contribution in [3.8, 4) is 0 Å². The molecular weight excluding hydrogens is 409 g/mol. The molecule has 1 unspecified atom stereocenters. The summed E-state index contributed by atoms with van der Waals surface area (Å²) in [7, 11) is -6.43. The molecular formula is C13H17F5NO7S-. The topological polar surface area (TPSA) is 113 Å². The molecule has 0 fully saturated rings. The van der Waals surface area contributed by atoms with E-state index in [1.807, 2.05) is 0 Å². The Morgan fingerprint density at radius 2 is 1.56 bits per heavy atom. The van der Waals surface area contributed by atoms with Crippen LogP contribution in [0.3, 0.4) is 0 Å². The smallest absolute Gasteiger partial charge is 0.466 e. The summed E-state index contributed by atoms with van der Waals surface area (Å²) < 4.78 is 107. The first-order chi connectivity index (χ1) is 12.0. The number of rotatable bonds is 9. The molecule has 0 bridgehead atoms. The molecule has 0 N–H and O–H groups in total. The van der Waals surface area contributed by atoms with Crippen molar-refractivity contribution in [1.29, 1.82) is 0 Å². The van der Waals surface area contributed by atoms with Gasteiger partial charge in [-0.1, -0.05) is 6.58 Å². The van der Waals surface area contributed by atoms with Gasteiger partial charge in [0, 0.05) is 18.7 Å². The van der Waals surface area contributed by atoms with Crippen molar-refractivity contribution in [1.82, 2.24) is 4.90 Å². The molecule has 8 nitrogen and oxygen atoms in total. The van der Waals surface area contributed by atoms with Gasteiger partial charge in [0.05, 0.1) is 0 Å². The van der Waals surface area contributed by atoms with E-state index in [-0.39, 0.29) is 13.1 Å². The molecule has 0 aromatic rings. The minimum absolute atomic E-state index is 0.364. The van der Waals surface area contributed by atoms with Crippen molar-refractivity contribution >= 4 is 22.0 Å². The Morgan fingerprint density at radius 3 is 1.85 bits per heavy atom. The Morgan fingerprint density at radius 1 is 1.11 bits per heavy atom. The summed E-state index contributed by atoms with van der Waals surface area (Å²) in [6.07, 6.45) is -5.90. The Bertz CT molecular complexity index is 688. The molecule has 0 rings (SSSR count). The molecule has 0 aliphatic carbocycles. The first-order valence-corrected chi connectivity index (χ1v) is 8.59. The van der Waals surface area contributed by atoms with Crippen molar-refractivity contribution < 1.29 is 54.0 Å². The average Bonchev–Trinajstić information content (AvgIpc) is 2.49. The van der Waals surface area contributed by atoms with E-state index >= 15 is 0 Å². The Hall–Kier alpha value is -1.80. The summed E-state index contributed by atoms with van der Waals surface area (Å²) in [6, 6.07) is 0. The van der Waals surface area contributed by atoms with Crippen LogP contribution in [0, 0.1) is 0 Å². The molecule has 0 saturated heterocycles. The highest BCUT2D eigenvalue weighted by atomic mass is 32.2. The SMILES string of the molecule is C=C(C)C(=O)OC(OCC(F)(F)S(=O)(=O)[O-])(C(=O)N(CC)CC)C(F)(F)F. The second-order valence-corrected chi connectivity index (χ2v) is 6.65. The molecule has 0 aliphatic heterocycles. The van der Waals surface area contributed by atoms with Crippen molar-refractivity contribution in [2.24, 2.45) is 0 Å². The van der Waals surface area contributed by atoms with Crippen LogP contribution in [-0.4, -0.2) is 66.7 Å². The normalized spacial score (nSPS) is 15.0. The quantitative estimate of drug-likeness (QED) is 0.180. The molecule has 0 aromatic carbocycles. The van der Waals surface area contributed by atoms with Gasteiger partial charge in [-0.2, -0.15) is 22.0 Å². The standard InChI is InChI=1S/C13H18F5NO7S/c1-5-19(6-2)10(21)12(13(16,17)18,26-9(20)8(3)4)25-7-11(14,15)27(22,23)24/h3,5-7H2,1-2,4H3,(H,22,23,24)/p-1. The fourth-order valence-electron chi connectivity index (χ4n) is 1.59. The third-order valence-corrected chi connectivity index (χ3v) is 3.95. The number of likely N-dealkylation sites (N-methyl/N-ethyl adjacent to an activating group) is 1. The molecule has 0 saturated carbocycles. The van der Waals surface area contributed by atoms with Crippen LogP contribution in [0.15, 0.2) is 12.2 Å². The first kappa shape index (κ1) is 25.2. The van der Waals surface area contributed by atoms with Crippen LogP contribution in [0.25, 0.3) is 0 Å². The zero-order valence-corrected chi connectivity index (χ0v) is 15.2. The zero-order chi connectivity index (χ0) is 21.8. The van der Waals surface area contributed by atoms with Gasteiger partial charge in [0.2, 0.25) is 0 Å². The van der Waals surface area contributed by atoms with Gasteiger partial charge in [-0.3, -0.25) is 4.79 Å². The van der Waals surface area contributed by atoms with Crippen molar-refractivity contribution in [3.05, 3.63) is 12.2 Å². The van der Waals surface area contributed by atoms with Gasteiger partial charge in [-0.05, 0) is 20.8 Å². The molecule has 27 heavy (non-hydrogen) atoms. The second-order valence-electron chi connectivity index (χ2n) is 5.14. The summed E-state index contributed by atoms with van der Waals surface area (Å²) in [5.74, 6) is -8.52. The van der Waals surface area contributed by atoms with Gasteiger partial charge in [0.25, 0.3) is 0 Å². The molecule has 0 radical (unpaired) electrons. The molecule has 0 aliphatic rings.